The summed E-state index contributed by atoms with van der Waals surface area (Å²) in [7, 11) is 0. The Hall–Kier alpha value is -2.66. The van der Waals surface area contributed by atoms with E-state index in [0.29, 0.717) is 12.0 Å². The summed E-state index contributed by atoms with van der Waals surface area (Å²) in [5.74, 6) is 0.0158. The van der Waals surface area contributed by atoms with Gasteiger partial charge in [-0.15, -0.1) is 0 Å². The van der Waals surface area contributed by atoms with Crippen LogP contribution < -0.4 is 5.73 Å². The predicted octanol–water partition coefficient (Wildman–Crippen LogP) is 1.95. The molecule has 0 amide bonds. The van der Waals surface area contributed by atoms with Crippen LogP contribution in [-0.2, 0) is 17.6 Å². The Balaban J connectivity index is 1.83. The topological polar surface area (TPSA) is 92.0 Å². The van der Waals surface area contributed by atoms with Crippen molar-refractivity contribution in [1.29, 1.82) is 0 Å². The van der Waals surface area contributed by atoms with Crippen molar-refractivity contribution in [2.75, 3.05) is 0 Å². The van der Waals surface area contributed by atoms with Crippen molar-refractivity contribution >= 4 is 16.6 Å². The number of phenols is 1. The Labute approximate surface area is 127 Å². The van der Waals surface area contributed by atoms with E-state index in [0.717, 1.165) is 16.5 Å². The fraction of sp³-hybridized carbons (Fsp3) is 0.176. The molecule has 5 nitrogen and oxygen atoms in total. The molecule has 112 valence electrons. The number of benzene rings is 2. The molecule has 0 saturated heterocycles. The van der Waals surface area contributed by atoms with E-state index in [-0.39, 0.29) is 18.0 Å². The van der Waals surface area contributed by atoms with Gasteiger partial charge in [0, 0.05) is 30.3 Å². The van der Waals surface area contributed by atoms with Crippen LogP contribution in [0.3, 0.4) is 0 Å². The van der Waals surface area contributed by atoms with E-state index in [4.69, 9.17) is 5.73 Å². The molecule has 0 aliphatic carbocycles. The maximum absolute atomic E-state index is 12.4. The highest BCUT2D eigenvalue weighted by atomic mass is 16.3. The number of nitrogens with one attached hydrogen (secondary N) is 1. The monoisotopic (exact) mass is 295 g/mol. The van der Waals surface area contributed by atoms with Crippen molar-refractivity contribution in [3.63, 3.8) is 0 Å². The summed E-state index contributed by atoms with van der Waals surface area (Å²) in [6.07, 6.45) is 3.73. The van der Waals surface area contributed by atoms with E-state index in [1.54, 1.807) is 18.6 Å². The zero-order valence-electron chi connectivity index (χ0n) is 12.0. The lowest BCUT2D eigenvalue weighted by atomic mass is 9.96. The number of hydrogen-bond acceptors (Lipinski definition) is 4. The Morgan fingerprint density at radius 3 is 2.86 bits per heavy atom. The van der Waals surface area contributed by atoms with E-state index in [1.807, 2.05) is 30.3 Å². The van der Waals surface area contributed by atoms with Gasteiger partial charge in [-0.05, 0) is 16.8 Å². The minimum absolute atomic E-state index is 0.110. The van der Waals surface area contributed by atoms with Gasteiger partial charge >= 0.3 is 0 Å². The first-order valence-corrected chi connectivity index (χ1v) is 7.10. The Morgan fingerprint density at radius 2 is 2.09 bits per heavy atom. The van der Waals surface area contributed by atoms with E-state index < -0.39 is 6.04 Å². The molecular weight excluding hydrogens is 278 g/mol. The van der Waals surface area contributed by atoms with E-state index in [2.05, 4.69) is 9.97 Å². The lowest BCUT2D eigenvalue weighted by molar-refractivity contribution is -0.119. The molecular formula is C17H17N3O2. The van der Waals surface area contributed by atoms with Crippen molar-refractivity contribution < 1.29 is 9.90 Å². The molecule has 0 aliphatic heterocycles. The zero-order chi connectivity index (χ0) is 15.5. The van der Waals surface area contributed by atoms with Gasteiger partial charge in [-0.3, -0.25) is 4.79 Å². The van der Waals surface area contributed by atoms with Gasteiger partial charge in [0.1, 0.15) is 5.75 Å². The van der Waals surface area contributed by atoms with Gasteiger partial charge in [0.2, 0.25) is 0 Å². The largest absolute Gasteiger partial charge is 0.508 e. The molecule has 0 fully saturated rings. The number of nitrogens with two attached hydrogens (primary N) is 1. The van der Waals surface area contributed by atoms with Gasteiger partial charge in [0.05, 0.1) is 12.4 Å². The van der Waals surface area contributed by atoms with Crippen LogP contribution in [0, 0.1) is 0 Å². The van der Waals surface area contributed by atoms with E-state index in [9.17, 15) is 9.90 Å². The zero-order valence-corrected chi connectivity index (χ0v) is 12.0. The summed E-state index contributed by atoms with van der Waals surface area (Å²) in [6.45, 7) is 0. The predicted molar refractivity (Wildman–Crippen MR) is 84.6 cm³/mol. The minimum Gasteiger partial charge on any atom is -0.508 e. The van der Waals surface area contributed by atoms with E-state index >= 15 is 0 Å². The van der Waals surface area contributed by atoms with Crippen molar-refractivity contribution in [2.24, 2.45) is 5.73 Å². The number of H-pyrrole nitrogens is 1. The number of ketones is 1. The number of hydrogen-bond donors (Lipinski definition) is 3. The number of Topliss-reactive ketones (excluding diaryl/α,β-unsaturated/α-hetero) is 1. The summed E-state index contributed by atoms with van der Waals surface area (Å²) in [6, 6.07) is 10.5. The smallest absolute Gasteiger partial charge is 0.154 e. The number of nitrogens with zero attached hydrogens (tertiary/aromatic N) is 1. The average Bonchev–Trinajstić information content (AvgIpc) is 3.03. The molecule has 22 heavy (non-hydrogen) atoms. The van der Waals surface area contributed by atoms with Gasteiger partial charge < -0.3 is 15.8 Å². The number of carbonyl (C=O) groups excluding carboxylic acids is 1. The summed E-state index contributed by atoms with van der Waals surface area (Å²) in [5, 5.41) is 12.0. The molecule has 0 unspecified atom stereocenters. The number of aromatic hydroxyl groups is 1. The van der Waals surface area contributed by atoms with Crippen LogP contribution in [0.2, 0.25) is 0 Å². The van der Waals surface area contributed by atoms with Crippen molar-refractivity contribution in [3.8, 4) is 5.75 Å². The summed E-state index contributed by atoms with van der Waals surface area (Å²) in [4.78, 5) is 19.2. The first kappa shape index (κ1) is 14.3. The third kappa shape index (κ3) is 2.84. The average molecular weight is 295 g/mol. The second-order valence-electron chi connectivity index (χ2n) is 5.31. The van der Waals surface area contributed by atoms with Crippen LogP contribution >= 0.6 is 0 Å². The normalized spacial score (nSPS) is 12.4. The van der Waals surface area contributed by atoms with E-state index in [1.165, 1.54) is 0 Å². The molecule has 1 aromatic heterocycles. The number of rotatable bonds is 5. The van der Waals surface area contributed by atoms with Crippen molar-refractivity contribution in [2.45, 2.75) is 18.9 Å². The van der Waals surface area contributed by atoms with Crippen LogP contribution in [0.25, 0.3) is 10.8 Å². The second-order valence-corrected chi connectivity index (χ2v) is 5.31. The highest BCUT2D eigenvalue weighted by Crippen LogP contribution is 2.27. The number of imidazole rings is 1. The lowest BCUT2D eigenvalue weighted by Crippen LogP contribution is -2.34. The maximum Gasteiger partial charge on any atom is 0.154 e. The SMILES string of the molecule is N[C@@H](Cc1cnc[nH]1)C(=O)Cc1c(O)ccc2ccccc12. The number of aromatic amines is 1. The highest BCUT2D eigenvalue weighted by Gasteiger charge is 2.18. The minimum atomic E-state index is -0.626. The molecule has 0 saturated carbocycles. The molecule has 4 N–H and O–H groups in total. The molecule has 3 aromatic rings. The third-order valence-corrected chi connectivity index (χ3v) is 3.78. The van der Waals surface area contributed by atoms with Crippen LogP contribution in [0.1, 0.15) is 11.3 Å². The summed E-state index contributed by atoms with van der Waals surface area (Å²) in [5.41, 5.74) is 7.42. The molecule has 0 aliphatic rings. The number of phenolic OH excluding ortho intramolecular Hbond substituents is 1. The second kappa shape index (κ2) is 5.99. The quantitative estimate of drug-likeness (QED) is 0.671. The Bertz CT molecular complexity index is 797. The van der Waals surface area contributed by atoms with Crippen molar-refractivity contribution in [1.82, 2.24) is 9.97 Å². The maximum atomic E-state index is 12.4. The summed E-state index contributed by atoms with van der Waals surface area (Å²) < 4.78 is 0. The standard InChI is InChI=1S/C17H17N3O2/c18-15(7-12-9-19-10-20-12)17(22)8-14-13-4-2-1-3-11(13)5-6-16(14)21/h1-6,9-10,15,21H,7-8,18H2,(H,19,20)/t15-/m0/s1. The molecule has 1 atom stereocenters. The molecule has 0 spiro atoms. The van der Waals surface area contributed by atoms with Crippen LogP contribution in [0.5, 0.6) is 5.75 Å². The van der Waals surface area contributed by atoms with Gasteiger partial charge in [-0.2, -0.15) is 0 Å². The van der Waals surface area contributed by atoms with Gasteiger partial charge in [0.15, 0.2) is 5.78 Å². The van der Waals surface area contributed by atoms with Gasteiger partial charge in [0.25, 0.3) is 0 Å². The molecule has 2 aromatic carbocycles. The van der Waals surface area contributed by atoms with Gasteiger partial charge in [-0.1, -0.05) is 30.3 Å². The fourth-order valence-electron chi connectivity index (χ4n) is 2.56. The highest BCUT2D eigenvalue weighted by molar-refractivity contribution is 5.94. The Morgan fingerprint density at radius 1 is 1.27 bits per heavy atom. The van der Waals surface area contributed by atoms with Gasteiger partial charge in [-0.25, -0.2) is 4.98 Å². The third-order valence-electron chi connectivity index (χ3n) is 3.78. The molecule has 1 heterocycles. The number of aromatic nitrogens is 2. The number of carbonyl (C=O) groups is 1. The molecule has 3 rings (SSSR count). The summed E-state index contributed by atoms with van der Waals surface area (Å²) >= 11 is 0. The first-order chi connectivity index (χ1) is 10.6. The van der Waals surface area contributed by atoms with Crippen molar-refractivity contribution in [3.05, 3.63) is 60.2 Å². The van der Waals surface area contributed by atoms with Crippen LogP contribution in [0.15, 0.2) is 48.9 Å². The number of fused-ring (bicyclic) bond motifs is 1. The van der Waals surface area contributed by atoms with Crippen LogP contribution in [-0.4, -0.2) is 26.9 Å². The molecule has 5 heteroatoms. The fourth-order valence-corrected chi connectivity index (χ4v) is 2.56. The van der Waals surface area contributed by atoms with Crippen LogP contribution in [0.4, 0.5) is 0 Å². The lowest BCUT2D eigenvalue weighted by Gasteiger charge is -2.12. The first-order valence-electron chi connectivity index (χ1n) is 7.10. The molecule has 0 radical (unpaired) electrons. The Kier molecular flexibility index (Phi) is 3.89. The molecule has 0 bridgehead atoms.